The van der Waals surface area contributed by atoms with Gasteiger partial charge in [0.25, 0.3) is 5.91 Å². The Morgan fingerprint density at radius 3 is 2.56 bits per heavy atom. The van der Waals surface area contributed by atoms with E-state index < -0.39 is 0 Å². The van der Waals surface area contributed by atoms with Gasteiger partial charge in [0, 0.05) is 31.1 Å². The summed E-state index contributed by atoms with van der Waals surface area (Å²) in [6.07, 6.45) is 7.87. The van der Waals surface area contributed by atoms with Crippen LogP contribution in [0.5, 0.6) is 5.75 Å². The van der Waals surface area contributed by atoms with Crippen LogP contribution in [0.2, 0.25) is 0 Å². The van der Waals surface area contributed by atoms with E-state index >= 15 is 0 Å². The number of hydrogen-bond acceptors (Lipinski definition) is 4. The molecule has 25 heavy (non-hydrogen) atoms. The number of nitrogens with zero attached hydrogens (tertiary/aromatic N) is 3. The van der Waals surface area contributed by atoms with Crippen molar-refractivity contribution >= 4 is 11.5 Å². The first-order valence-electron chi connectivity index (χ1n) is 8.61. The number of rotatable bonds is 7. The lowest BCUT2D eigenvalue weighted by Crippen LogP contribution is -2.36. The summed E-state index contributed by atoms with van der Waals surface area (Å²) in [4.78, 5) is 18.4. The molecule has 1 aromatic heterocycles. The summed E-state index contributed by atoms with van der Waals surface area (Å²) in [5.41, 5.74) is 1.44. The molecule has 0 fully saturated rings. The van der Waals surface area contributed by atoms with E-state index in [2.05, 4.69) is 11.9 Å². The lowest BCUT2D eigenvalue weighted by Gasteiger charge is -2.26. The number of aromatic hydroxyl groups is 1. The second-order valence-electron chi connectivity index (χ2n) is 6.27. The van der Waals surface area contributed by atoms with Crippen molar-refractivity contribution in [2.75, 3.05) is 6.54 Å². The van der Waals surface area contributed by atoms with Gasteiger partial charge in [0.05, 0.1) is 12.4 Å². The van der Waals surface area contributed by atoms with Crippen LogP contribution in [0.1, 0.15) is 31.7 Å². The minimum atomic E-state index is -0.313. The van der Waals surface area contributed by atoms with Crippen LogP contribution in [-0.2, 0) is 11.3 Å². The summed E-state index contributed by atoms with van der Waals surface area (Å²) < 4.78 is 1.98. The van der Waals surface area contributed by atoms with Crippen molar-refractivity contribution in [3.63, 3.8) is 0 Å². The van der Waals surface area contributed by atoms with Gasteiger partial charge < -0.3 is 19.7 Å². The molecular weight excluding hydrogens is 318 g/mol. The Balaban J connectivity index is 1.78. The molecule has 132 valence electrons. The van der Waals surface area contributed by atoms with Gasteiger partial charge in [-0.1, -0.05) is 25.5 Å². The monoisotopic (exact) mass is 341 g/mol. The summed E-state index contributed by atoms with van der Waals surface area (Å²) in [7, 11) is 0. The third-order valence-electron chi connectivity index (χ3n) is 4.54. The molecule has 1 aromatic carbocycles. The zero-order chi connectivity index (χ0) is 17.8. The molecule has 2 aromatic rings. The Labute approximate surface area is 147 Å². The minimum Gasteiger partial charge on any atom is -0.508 e. The highest BCUT2D eigenvalue weighted by atomic mass is 16.3. The molecule has 1 aliphatic rings. The van der Waals surface area contributed by atoms with E-state index in [0.717, 1.165) is 31.4 Å². The summed E-state index contributed by atoms with van der Waals surface area (Å²) in [5.74, 6) is -0.323. The second-order valence-corrected chi connectivity index (χ2v) is 6.27. The first-order chi connectivity index (χ1) is 12.1. The molecule has 0 radical (unpaired) electrons. The minimum absolute atomic E-state index is 0.134. The first kappa shape index (κ1) is 17.1. The van der Waals surface area contributed by atoms with E-state index in [9.17, 15) is 15.0 Å². The SMILES string of the molecule is CCCC1C(c2ccc(O)cc2)=C(O)C(=O)N1CCCn1ccnc1. The summed E-state index contributed by atoms with van der Waals surface area (Å²) in [6.45, 7) is 3.42. The Morgan fingerprint density at radius 2 is 1.92 bits per heavy atom. The molecular formula is C19H23N3O3. The number of aryl methyl sites for hydroxylation is 1. The Bertz CT molecular complexity index is 751. The van der Waals surface area contributed by atoms with Crippen molar-refractivity contribution in [3.05, 3.63) is 54.3 Å². The lowest BCUT2D eigenvalue weighted by molar-refractivity contribution is -0.129. The number of imidazole rings is 1. The van der Waals surface area contributed by atoms with Gasteiger partial charge in [-0.05, 0) is 30.5 Å². The van der Waals surface area contributed by atoms with E-state index in [1.807, 2.05) is 10.8 Å². The third-order valence-corrected chi connectivity index (χ3v) is 4.54. The second kappa shape index (κ2) is 7.42. The quantitative estimate of drug-likeness (QED) is 0.811. The molecule has 2 heterocycles. The highest BCUT2D eigenvalue weighted by Gasteiger charge is 2.38. The topological polar surface area (TPSA) is 78.6 Å². The summed E-state index contributed by atoms with van der Waals surface area (Å²) in [6, 6.07) is 6.50. The number of aromatic nitrogens is 2. The molecule has 0 bridgehead atoms. The van der Waals surface area contributed by atoms with Crippen molar-refractivity contribution in [1.82, 2.24) is 14.5 Å². The molecule has 0 saturated heterocycles. The van der Waals surface area contributed by atoms with Crippen LogP contribution in [0.4, 0.5) is 0 Å². The van der Waals surface area contributed by atoms with E-state index in [0.29, 0.717) is 12.1 Å². The van der Waals surface area contributed by atoms with Gasteiger partial charge in [-0.25, -0.2) is 4.98 Å². The van der Waals surface area contributed by atoms with Crippen LogP contribution < -0.4 is 0 Å². The maximum atomic E-state index is 12.6. The van der Waals surface area contributed by atoms with Crippen LogP contribution in [0.3, 0.4) is 0 Å². The number of phenolic OH excluding ortho intramolecular Hbond substituents is 1. The molecule has 6 heteroatoms. The van der Waals surface area contributed by atoms with E-state index in [-0.39, 0.29) is 23.5 Å². The average Bonchev–Trinajstić information content (AvgIpc) is 3.19. The van der Waals surface area contributed by atoms with Crippen LogP contribution in [-0.4, -0.2) is 43.2 Å². The molecule has 1 aliphatic heterocycles. The van der Waals surface area contributed by atoms with Crippen molar-refractivity contribution in [2.45, 2.75) is 38.8 Å². The molecule has 2 N–H and O–H groups in total. The molecule has 6 nitrogen and oxygen atoms in total. The normalized spacial score (nSPS) is 17.6. The summed E-state index contributed by atoms with van der Waals surface area (Å²) in [5, 5.41) is 19.9. The van der Waals surface area contributed by atoms with Gasteiger partial charge in [-0.15, -0.1) is 0 Å². The number of aliphatic hydroxyl groups is 1. The van der Waals surface area contributed by atoms with Crippen LogP contribution in [0.25, 0.3) is 5.57 Å². The molecule has 0 aliphatic carbocycles. The van der Waals surface area contributed by atoms with Gasteiger partial charge in [-0.2, -0.15) is 0 Å². The van der Waals surface area contributed by atoms with Crippen LogP contribution in [0, 0.1) is 0 Å². The van der Waals surface area contributed by atoms with E-state index in [1.165, 1.54) is 0 Å². The third kappa shape index (κ3) is 3.52. The smallest absolute Gasteiger partial charge is 0.289 e. The molecule has 3 rings (SSSR count). The summed E-state index contributed by atoms with van der Waals surface area (Å²) >= 11 is 0. The fourth-order valence-electron chi connectivity index (χ4n) is 3.35. The molecule has 1 amide bonds. The molecule has 0 saturated carbocycles. The van der Waals surface area contributed by atoms with Crippen LogP contribution >= 0.6 is 0 Å². The van der Waals surface area contributed by atoms with E-state index in [4.69, 9.17) is 0 Å². The van der Waals surface area contributed by atoms with Crippen LogP contribution in [0.15, 0.2) is 48.7 Å². The number of aliphatic hydroxyl groups excluding tert-OH is 1. The molecule has 1 atom stereocenters. The Hall–Kier alpha value is -2.76. The zero-order valence-corrected chi connectivity index (χ0v) is 14.3. The Kier molecular flexibility index (Phi) is 5.07. The van der Waals surface area contributed by atoms with Crippen molar-refractivity contribution in [3.8, 4) is 5.75 Å². The van der Waals surface area contributed by atoms with Gasteiger partial charge in [0.2, 0.25) is 0 Å². The predicted octanol–water partition coefficient (Wildman–Crippen LogP) is 2.96. The maximum Gasteiger partial charge on any atom is 0.289 e. The predicted molar refractivity (Wildman–Crippen MR) is 94.9 cm³/mol. The lowest BCUT2D eigenvalue weighted by atomic mass is 9.96. The van der Waals surface area contributed by atoms with Gasteiger partial charge in [-0.3, -0.25) is 4.79 Å². The van der Waals surface area contributed by atoms with Crippen molar-refractivity contribution < 1.29 is 15.0 Å². The number of carbonyl (C=O) groups excluding carboxylic acids is 1. The van der Waals surface area contributed by atoms with Gasteiger partial charge >= 0.3 is 0 Å². The number of phenols is 1. The standard InChI is InChI=1S/C19H23N3O3/c1-2-4-16-17(14-5-7-15(23)8-6-14)18(24)19(25)22(16)11-3-10-21-12-9-20-13-21/h5-9,12-13,16,23-24H,2-4,10-11H2,1H3. The molecule has 0 spiro atoms. The van der Waals surface area contributed by atoms with Gasteiger partial charge in [0.15, 0.2) is 5.76 Å². The maximum absolute atomic E-state index is 12.6. The number of benzene rings is 1. The number of hydrogen-bond donors (Lipinski definition) is 2. The molecule has 1 unspecified atom stereocenters. The Morgan fingerprint density at radius 1 is 1.16 bits per heavy atom. The van der Waals surface area contributed by atoms with E-state index in [1.54, 1.807) is 41.7 Å². The number of amides is 1. The fraction of sp³-hybridized carbons (Fsp3) is 0.368. The fourth-order valence-corrected chi connectivity index (χ4v) is 3.35. The zero-order valence-electron chi connectivity index (χ0n) is 14.3. The highest BCUT2D eigenvalue weighted by molar-refractivity contribution is 6.05. The highest BCUT2D eigenvalue weighted by Crippen LogP contribution is 2.35. The largest absolute Gasteiger partial charge is 0.508 e. The van der Waals surface area contributed by atoms with Crippen molar-refractivity contribution in [1.29, 1.82) is 0 Å². The first-order valence-corrected chi connectivity index (χ1v) is 8.61. The van der Waals surface area contributed by atoms with Crippen molar-refractivity contribution in [2.24, 2.45) is 0 Å². The van der Waals surface area contributed by atoms with Gasteiger partial charge in [0.1, 0.15) is 5.75 Å². The average molecular weight is 341 g/mol. The number of carbonyl (C=O) groups is 1.